The molecule has 0 unspecified atom stereocenters. The van der Waals surface area contributed by atoms with Crippen LogP contribution < -0.4 is 0 Å². The van der Waals surface area contributed by atoms with Crippen molar-refractivity contribution in [2.75, 3.05) is 0 Å². The van der Waals surface area contributed by atoms with Crippen molar-refractivity contribution in [2.24, 2.45) is 53.3 Å². The number of hydrogen-bond donors (Lipinski definition) is 0. The molecule has 0 heterocycles. The maximum absolute atomic E-state index is 2.74. The van der Waals surface area contributed by atoms with Crippen molar-refractivity contribution in [1.82, 2.24) is 0 Å². The van der Waals surface area contributed by atoms with E-state index in [4.69, 9.17) is 0 Å². The van der Waals surface area contributed by atoms with E-state index in [0.29, 0.717) is 0 Å². The van der Waals surface area contributed by atoms with Crippen molar-refractivity contribution in [3.63, 3.8) is 0 Å². The molecule has 3 saturated carbocycles. The van der Waals surface area contributed by atoms with Gasteiger partial charge in [-0.3, -0.25) is 0 Å². The fourth-order valence-corrected chi connectivity index (χ4v) is 7.96. The van der Waals surface area contributed by atoms with Gasteiger partial charge in [0.15, 0.2) is 0 Å². The topological polar surface area (TPSA) is 0 Å². The van der Waals surface area contributed by atoms with Crippen LogP contribution in [0.5, 0.6) is 0 Å². The molecule has 3 fully saturated rings. The zero-order chi connectivity index (χ0) is 18.7. The highest BCUT2D eigenvalue weighted by Gasteiger charge is 2.48. The van der Waals surface area contributed by atoms with E-state index in [-0.39, 0.29) is 0 Å². The molecule has 0 aromatic rings. The Balaban J connectivity index is 1.21. The highest BCUT2D eigenvalue weighted by molar-refractivity contribution is 5.40. The van der Waals surface area contributed by atoms with Crippen LogP contribution in [0.4, 0.5) is 0 Å². The first kappa shape index (κ1) is 17.3. The van der Waals surface area contributed by atoms with Crippen LogP contribution in [-0.2, 0) is 0 Å². The second-order valence-corrected chi connectivity index (χ2v) is 10.4. The summed E-state index contributed by atoms with van der Waals surface area (Å²) in [4.78, 5) is 0. The van der Waals surface area contributed by atoms with E-state index >= 15 is 0 Å². The normalized spacial score (nSPS) is 47.4. The predicted octanol–water partition coefficient (Wildman–Crippen LogP) is 7.05. The summed E-state index contributed by atoms with van der Waals surface area (Å²) in [6, 6.07) is 0. The summed E-state index contributed by atoms with van der Waals surface area (Å²) in [6.45, 7) is 2.54. The molecule has 0 amide bonds. The molecule has 0 nitrogen and oxygen atoms in total. The average Bonchev–Trinajstić information content (AvgIpc) is 3.38. The molecular formula is C28H34. The number of hydrogen-bond acceptors (Lipinski definition) is 0. The molecule has 0 heteroatoms. The lowest BCUT2D eigenvalue weighted by atomic mass is 9.75. The van der Waals surface area contributed by atoms with Gasteiger partial charge in [0.05, 0.1) is 0 Å². The summed E-state index contributed by atoms with van der Waals surface area (Å²) in [7, 11) is 0. The Kier molecular flexibility index (Phi) is 4.17. The van der Waals surface area contributed by atoms with E-state index in [1.165, 1.54) is 38.5 Å². The lowest BCUT2D eigenvalue weighted by Gasteiger charge is -2.30. The molecule has 0 aromatic carbocycles. The summed E-state index contributed by atoms with van der Waals surface area (Å²) >= 11 is 0. The minimum atomic E-state index is 0.732. The molecule has 6 aliphatic rings. The maximum atomic E-state index is 2.74. The largest absolute Gasteiger partial charge is 0.0805 e. The Labute approximate surface area is 170 Å². The van der Waals surface area contributed by atoms with Crippen LogP contribution in [0.2, 0.25) is 0 Å². The predicted molar refractivity (Wildman–Crippen MR) is 118 cm³/mol. The van der Waals surface area contributed by atoms with Gasteiger partial charge in [0.1, 0.15) is 0 Å². The smallest absolute Gasteiger partial charge is 0.00956 e. The maximum Gasteiger partial charge on any atom is -0.00956 e. The lowest BCUT2D eigenvalue weighted by molar-refractivity contribution is 0.264. The van der Waals surface area contributed by atoms with Crippen molar-refractivity contribution in [1.29, 1.82) is 0 Å². The van der Waals surface area contributed by atoms with Gasteiger partial charge in [-0.2, -0.15) is 0 Å². The monoisotopic (exact) mass is 370 g/mol. The van der Waals surface area contributed by atoms with Crippen LogP contribution in [0.25, 0.3) is 0 Å². The molecule has 6 rings (SSSR count). The van der Waals surface area contributed by atoms with Crippen molar-refractivity contribution in [2.45, 2.75) is 45.4 Å². The van der Waals surface area contributed by atoms with E-state index in [9.17, 15) is 0 Å². The van der Waals surface area contributed by atoms with Crippen molar-refractivity contribution >= 4 is 0 Å². The van der Waals surface area contributed by atoms with E-state index in [1.807, 2.05) is 0 Å². The van der Waals surface area contributed by atoms with Gasteiger partial charge < -0.3 is 0 Å². The third kappa shape index (κ3) is 2.63. The van der Waals surface area contributed by atoms with Crippen LogP contribution in [0, 0.1) is 53.3 Å². The Morgan fingerprint density at radius 2 is 1.25 bits per heavy atom. The van der Waals surface area contributed by atoms with Gasteiger partial charge in [-0.25, -0.2) is 0 Å². The Morgan fingerprint density at radius 1 is 0.679 bits per heavy atom. The first-order valence-electron chi connectivity index (χ1n) is 11.9. The highest BCUT2D eigenvalue weighted by atomic mass is 14.5. The summed E-state index contributed by atoms with van der Waals surface area (Å²) in [5, 5.41) is 0. The van der Waals surface area contributed by atoms with Crippen LogP contribution in [0.3, 0.4) is 0 Å². The van der Waals surface area contributed by atoms with Crippen molar-refractivity contribution in [3.8, 4) is 0 Å². The third-order valence-corrected chi connectivity index (χ3v) is 9.19. The third-order valence-electron chi connectivity index (χ3n) is 9.19. The molecule has 0 saturated heterocycles. The molecule has 0 spiro atoms. The quantitative estimate of drug-likeness (QED) is 0.499. The Hall–Kier alpha value is -1.56. The lowest BCUT2D eigenvalue weighted by Crippen LogP contribution is -2.21. The molecular weight excluding hydrogens is 336 g/mol. The molecule has 6 aliphatic carbocycles. The minimum absolute atomic E-state index is 0.732. The summed E-state index contributed by atoms with van der Waals surface area (Å²) in [5.74, 6) is 7.28. The first-order chi connectivity index (χ1) is 13.8. The van der Waals surface area contributed by atoms with Gasteiger partial charge in [0, 0.05) is 0 Å². The molecule has 0 aromatic heterocycles. The number of fused-ring (bicyclic) bond motifs is 5. The van der Waals surface area contributed by atoms with Gasteiger partial charge >= 0.3 is 0 Å². The van der Waals surface area contributed by atoms with Crippen molar-refractivity contribution in [3.05, 3.63) is 71.9 Å². The summed E-state index contributed by atoms with van der Waals surface area (Å²) in [6.07, 6.45) is 33.1. The first-order valence-corrected chi connectivity index (χ1v) is 11.9. The Bertz CT molecular complexity index is 781. The number of allylic oxidation sites excluding steroid dienone is 12. The van der Waals surface area contributed by atoms with Crippen LogP contribution in [-0.4, -0.2) is 0 Å². The summed E-state index contributed by atoms with van der Waals surface area (Å²) < 4.78 is 0. The van der Waals surface area contributed by atoms with E-state index in [1.54, 1.807) is 11.1 Å². The van der Waals surface area contributed by atoms with Crippen LogP contribution in [0.1, 0.15) is 45.4 Å². The molecule has 8 atom stereocenters. The van der Waals surface area contributed by atoms with E-state index < -0.39 is 0 Å². The zero-order valence-electron chi connectivity index (χ0n) is 17.2. The van der Waals surface area contributed by atoms with Gasteiger partial charge in [0.25, 0.3) is 0 Å². The summed E-state index contributed by atoms with van der Waals surface area (Å²) in [5.41, 5.74) is 3.44. The van der Waals surface area contributed by atoms with Gasteiger partial charge in [-0.1, -0.05) is 67.7 Å². The Morgan fingerprint density at radius 3 is 1.93 bits per heavy atom. The van der Waals surface area contributed by atoms with Crippen LogP contribution >= 0.6 is 0 Å². The van der Waals surface area contributed by atoms with Gasteiger partial charge in [-0.15, -0.1) is 0 Å². The molecule has 0 bridgehead atoms. The highest BCUT2D eigenvalue weighted by Crippen LogP contribution is 2.55. The molecule has 0 N–H and O–H groups in total. The second kappa shape index (κ2) is 6.75. The molecule has 28 heavy (non-hydrogen) atoms. The van der Waals surface area contributed by atoms with E-state index in [2.05, 4.69) is 67.7 Å². The molecule has 0 radical (unpaired) electrons. The van der Waals surface area contributed by atoms with Gasteiger partial charge in [-0.05, 0) is 103 Å². The fourth-order valence-electron chi connectivity index (χ4n) is 7.96. The van der Waals surface area contributed by atoms with Crippen LogP contribution in [0.15, 0.2) is 71.9 Å². The van der Waals surface area contributed by atoms with Crippen molar-refractivity contribution < 1.29 is 0 Å². The zero-order valence-corrected chi connectivity index (χ0v) is 17.2. The molecule has 146 valence electrons. The number of rotatable bonds is 3. The average molecular weight is 371 g/mol. The fraction of sp³-hybridized carbons (Fsp3) is 0.571. The minimum Gasteiger partial charge on any atom is -0.0805 e. The second-order valence-electron chi connectivity index (χ2n) is 10.4. The molecule has 0 aliphatic heterocycles. The SMILES string of the molecule is C[C@@H]1C[C@@H]2C=C3CCCC3=C[C@@H]2[C@@H]1CCC1[C@@H]2C=CC=C[C@@H]2[C@H]2C=CC=C[C@@H]12. The standard InChI is InChI=1S/C28H34/c1-18-15-21-16-19-7-6-8-20(19)17-28(21)22(18)13-14-27-25-11-4-2-9-23(25)24-10-3-5-12-26(24)27/h2-5,9-12,16-18,21-28H,6-8,13-15H2,1H3/t18-,21-,22-,23-,24-,25-,26-,28+/m1/s1. The van der Waals surface area contributed by atoms with E-state index in [0.717, 1.165) is 53.3 Å². The van der Waals surface area contributed by atoms with Gasteiger partial charge in [0.2, 0.25) is 0 Å².